The summed E-state index contributed by atoms with van der Waals surface area (Å²) < 4.78 is 32.5. The van der Waals surface area contributed by atoms with Gasteiger partial charge in [0.1, 0.15) is 0 Å². The number of carbonyl (C=O) groups is 1. The van der Waals surface area contributed by atoms with E-state index in [1.807, 2.05) is 19.9 Å². The molecule has 2 aromatic carbocycles. The summed E-state index contributed by atoms with van der Waals surface area (Å²) in [6.07, 6.45) is -1.15. The van der Waals surface area contributed by atoms with Gasteiger partial charge in [-0.1, -0.05) is 37.6 Å². The Hall–Kier alpha value is -2.55. The number of rotatable bonds is 4. The summed E-state index contributed by atoms with van der Waals surface area (Å²) in [7, 11) is -2.12. The number of fused-ring (bicyclic) bond motifs is 1. The van der Waals surface area contributed by atoms with Crippen LogP contribution in [0.25, 0.3) is 22.1 Å². The molecule has 1 saturated heterocycles. The largest absolute Gasteiger partial charge is 0.465 e. The lowest BCUT2D eigenvalue weighted by Crippen LogP contribution is -2.55. The molecule has 4 rings (SSSR count). The van der Waals surface area contributed by atoms with E-state index in [4.69, 9.17) is 21.1 Å². The van der Waals surface area contributed by atoms with E-state index < -0.39 is 16.1 Å². The van der Waals surface area contributed by atoms with Crippen molar-refractivity contribution in [3.8, 4) is 11.1 Å². The van der Waals surface area contributed by atoms with Crippen LogP contribution in [0.2, 0.25) is 5.02 Å². The van der Waals surface area contributed by atoms with Crippen molar-refractivity contribution in [2.45, 2.75) is 18.7 Å². The second-order valence-electron chi connectivity index (χ2n) is 8.26. The highest BCUT2D eigenvalue weighted by Gasteiger charge is 2.41. The monoisotopic (exact) mass is 448 g/mol. The van der Waals surface area contributed by atoms with Gasteiger partial charge >= 0.3 is 6.09 Å². The first-order valence-corrected chi connectivity index (χ1v) is 11.1. The third-order valence-electron chi connectivity index (χ3n) is 5.21. The Morgan fingerprint density at radius 1 is 1.13 bits per heavy atom. The van der Waals surface area contributed by atoms with Crippen molar-refractivity contribution < 1.29 is 22.7 Å². The maximum absolute atomic E-state index is 12.7. The molecule has 1 aromatic heterocycles. The van der Waals surface area contributed by atoms with E-state index in [1.54, 1.807) is 36.4 Å². The van der Waals surface area contributed by atoms with Gasteiger partial charge in [0, 0.05) is 31.6 Å². The molecule has 1 aliphatic heterocycles. The Kier molecular flexibility index (Phi) is 4.84. The molecule has 0 unspecified atom stereocenters. The second-order valence-corrected chi connectivity index (χ2v) is 10.6. The predicted octanol–water partition coefficient (Wildman–Crippen LogP) is 4.90. The second kappa shape index (κ2) is 7.01. The van der Waals surface area contributed by atoms with Gasteiger partial charge in [-0.15, -0.1) is 0 Å². The summed E-state index contributed by atoms with van der Waals surface area (Å²) in [4.78, 5) is 12.4. The number of hydrogen-bond donors (Lipinski definition) is 1. The number of hydrogen-bond acceptors (Lipinski definition) is 4. The van der Waals surface area contributed by atoms with Crippen molar-refractivity contribution in [3.05, 3.63) is 47.5 Å². The lowest BCUT2D eigenvalue weighted by atomic mass is 9.87. The first kappa shape index (κ1) is 20.7. The molecule has 158 valence electrons. The molecule has 7 nitrogen and oxygen atoms in total. The number of sulfonamides is 1. The summed E-state index contributed by atoms with van der Waals surface area (Å²) >= 11 is 6.35. The fourth-order valence-corrected chi connectivity index (χ4v) is 5.65. The van der Waals surface area contributed by atoms with Crippen LogP contribution in [0, 0.1) is 5.41 Å². The molecule has 1 fully saturated rings. The molecule has 1 aliphatic rings. The van der Waals surface area contributed by atoms with Crippen LogP contribution in [0.3, 0.4) is 0 Å². The molecular formula is C21H21ClN2O5S. The number of benzene rings is 2. The standard InChI is InChI=1S/C21H21ClN2O5S/c1-21(2)11-24(12-21)30(27,28)16-6-4-13(5-7-16)14-8-15-10-18(23(3)20(25)26)29-19(15)17(22)9-14/h4-10H,11-12H2,1-3H3,(H,25,26). The van der Waals surface area contributed by atoms with Crippen LogP contribution in [0.4, 0.5) is 10.7 Å². The number of anilines is 1. The summed E-state index contributed by atoms with van der Waals surface area (Å²) in [6.45, 7) is 5.10. The van der Waals surface area contributed by atoms with Gasteiger partial charge in [-0.3, -0.25) is 4.90 Å². The van der Waals surface area contributed by atoms with Crippen LogP contribution in [-0.2, 0) is 10.0 Å². The minimum absolute atomic E-state index is 0.0112. The van der Waals surface area contributed by atoms with Gasteiger partial charge in [0.05, 0.1) is 9.92 Å². The number of halogens is 1. The highest BCUT2D eigenvalue weighted by Crippen LogP contribution is 2.37. The number of amides is 1. The van der Waals surface area contributed by atoms with Crippen molar-refractivity contribution in [2.75, 3.05) is 25.0 Å². The number of furan rings is 1. The molecule has 0 saturated carbocycles. The maximum Gasteiger partial charge on any atom is 0.413 e. The molecule has 30 heavy (non-hydrogen) atoms. The van der Waals surface area contributed by atoms with E-state index in [0.29, 0.717) is 29.1 Å². The molecule has 0 bridgehead atoms. The summed E-state index contributed by atoms with van der Waals surface area (Å²) in [5.74, 6) is 0.162. The fourth-order valence-electron chi connectivity index (χ4n) is 3.57. The smallest absolute Gasteiger partial charge is 0.413 e. The summed E-state index contributed by atoms with van der Waals surface area (Å²) in [5.41, 5.74) is 1.96. The first-order valence-electron chi connectivity index (χ1n) is 9.28. The normalized spacial score (nSPS) is 16.4. The molecule has 1 N–H and O–H groups in total. The first-order chi connectivity index (χ1) is 14.0. The van der Waals surface area contributed by atoms with Gasteiger partial charge in [0.15, 0.2) is 5.58 Å². The van der Waals surface area contributed by atoms with Crippen molar-refractivity contribution >= 4 is 44.6 Å². The lowest BCUT2D eigenvalue weighted by molar-refractivity contribution is 0.111. The molecule has 0 atom stereocenters. The molecular weight excluding hydrogens is 428 g/mol. The number of carboxylic acid groups (broad SMARTS) is 1. The van der Waals surface area contributed by atoms with Gasteiger partial charge in [-0.25, -0.2) is 13.2 Å². The molecule has 2 heterocycles. The van der Waals surface area contributed by atoms with Crippen molar-refractivity contribution in [1.82, 2.24) is 4.31 Å². The molecule has 3 aromatic rings. The maximum atomic E-state index is 12.7. The average Bonchev–Trinajstić information content (AvgIpc) is 3.10. The van der Waals surface area contributed by atoms with Gasteiger partial charge < -0.3 is 9.52 Å². The van der Waals surface area contributed by atoms with E-state index in [2.05, 4.69) is 0 Å². The zero-order valence-corrected chi connectivity index (χ0v) is 18.3. The molecule has 0 radical (unpaired) electrons. The highest BCUT2D eigenvalue weighted by molar-refractivity contribution is 7.89. The van der Waals surface area contributed by atoms with Gasteiger partial charge in [0.25, 0.3) is 0 Å². The quantitative estimate of drug-likeness (QED) is 0.613. The molecule has 0 aliphatic carbocycles. The van der Waals surface area contributed by atoms with Crippen LogP contribution in [0.15, 0.2) is 51.8 Å². The van der Waals surface area contributed by atoms with Gasteiger partial charge in [-0.2, -0.15) is 4.31 Å². The van der Waals surface area contributed by atoms with E-state index in [-0.39, 0.29) is 16.2 Å². The van der Waals surface area contributed by atoms with E-state index in [1.165, 1.54) is 11.4 Å². The summed E-state index contributed by atoms with van der Waals surface area (Å²) in [5, 5.41) is 10.1. The fraction of sp³-hybridized carbons (Fsp3) is 0.286. The Morgan fingerprint density at radius 2 is 1.77 bits per heavy atom. The summed E-state index contributed by atoms with van der Waals surface area (Å²) in [6, 6.07) is 11.8. The number of nitrogens with zero attached hydrogens (tertiary/aromatic N) is 2. The predicted molar refractivity (Wildman–Crippen MR) is 116 cm³/mol. The van der Waals surface area contributed by atoms with Crippen LogP contribution >= 0.6 is 11.6 Å². The molecule has 0 spiro atoms. The average molecular weight is 449 g/mol. The minimum atomic E-state index is -3.50. The van der Waals surface area contributed by atoms with Crippen molar-refractivity contribution in [1.29, 1.82) is 0 Å². The van der Waals surface area contributed by atoms with Crippen LogP contribution < -0.4 is 4.90 Å². The zero-order chi connectivity index (χ0) is 21.8. The SMILES string of the molecule is CN(C(=O)O)c1cc2cc(-c3ccc(S(=O)(=O)N4CC(C)(C)C4)cc3)cc(Cl)c2o1. The van der Waals surface area contributed by atoms with E-state index >= 15 is 0 Å². The Bertz CT molecular complexity index is 1240. The lowest BCUT2D eigenvalue weighted by Gasteiger charge is -2.44. The van der Waals surface area contributed by atoms with Gasteiger partial charge in [0.2, 0.25) is 15.9 Å². The van der Waals surface area contributed by atoms with Crippen molar-refractivity contribution in [3.63, 3.8) is 0 Å². The minimum Gasteiger partial charge on any atom is -0.465 e. The Morgan fingerprint density at radius 3 is 2.33 bits per heavy atom. The Balaban J connectivity index is 1.65. The topological polar surface area (TPSA) is 91.1 Å². The molecule has 1 amide bonds. The van der Waals surface area contributed by atoms with Crippen LogP contribution in [0.5, 0.6) is 0 Å². The third-order valence-corrected chi connectivity index (χ3v) is 7.30. The van der Waals surface area contributed by atoms with Crippen LogP contribution in [0.1, 0.15) is 13.8 Å². The van der Waals surface area contributed by atoms with E-state index in [9.17, 15) is 13.2 Å². The van der Waals surface area contributed by atoms with Gasteiger partial charge in [-0.05, 0) is 40.8 Å². The van der Waals surface area contributed by atoms with E-state index in [0.717, 1.165) is 16.0 Å². The Labute approximate surface area is 179 Å². The zero-order valence-electron chi connectivity index (χ0n) is 16.7. The molecule has 9 heteroatoms. The van der Waals surface area contributed by atoms with Crippen molar-refractivity contribution in [2.24, 2.45) is 5.41 Å². The van der Waals surface area contributed by atoms with Crippen LogP contribution in [-0.4, -0.2) is 44.1 Å². The third kappa shape index (κ3) is 3.55. The highest BCUT2D eigenvalue weighted by atomic mass is 35.5.